The van der Waals surface area contributed by atoms with Gasteiger partial charge in [-0.1, -0.05) is 0 Å². The number of nitrogens with zero attached hydrogens (tertiary/aromatic N) is 1. The molecule has 4 nitrogen and oxygen atoms in total. The van der Waals surface area contributed by atoms with Gasteiger partial charge in [0.1, 0.15) is 11.5 Å². The topological polar surface area (TPSA) is 39.3 Å². The SMILES string of the molecule is COc1ccc2c(ccn2CCNC(C)c2ccco2)c1. The van der Waals surface area contributed by atoms with E-state index < -0.39 is 0 Å². The van der Waals surface area contributed by atoms with Gasteiger partial charge in [-0.2, -0.15) is 0 Å². The predicted molar refractivity (Wildman–Crippen MR) is 83.6 cm³/mol. The third kappa shape index (κ3) is 2.95. The molecule has 1 unspecified atom stereocenters. The van der Waals surface area contributed by atoms with Crippen LogP contribution in [0.1, 0.15) is 18.7 Å². The summed E-state index contributed by atoms with van der Waals surface area (Å²) in [5.41, 5.74) is 1.23. The molecule has 4 heteroatoms. The van der Waals surface area contributed by atoms with Crippen LogP contribution < -0.4 is 10.1 Å². The molecule has 0 aliphatic carbocycles. The van der Waals surface area contributed by atoms with Crippen LogP contribution in [0.4, 0.5) is 0 Å². The van der Waals surface area contributed by atoms with Crippen LogP contribution in [0.2, 0.25) is 0 Å². The van der Waals surface area contributed by atoms with Crippen molar-refractivity contribution in [2.24, 2.45) is 0 Å². The first-order valence-corrected chi connectivity index (χ1v) is 7.17. The van der Waals surface area contributed by atoms with Gasteiger partial charge in [0.05, 0.1) is 19.4 Å². The average Bonchev–Trinajstić information content (AvgIpc) is 3.16. The standard InChI is InChI=1S/C17H20N2O2/c1-13(17-4-3-11-21-17)18-8-10-19-9-7-14-12-15(20-2)5-6-16(14)19/h3-7,9,11-13,18H,8,10H2,1-2H3. The van der Waals surface area contributed by atoms with E-state index in [0.717, 1.165) is 24.6 Å². The molecule has 0 fully saturated rings. The van der Waals surface area contributed by atoms with E-state index in [1.165, 1.54) is 10.9 Å². The lowest BCUT2D eigenvalue weighted by atomic mass is 10.2. The zero-order chi connectivity index (χ0) is 14.7. The largest absolute Gasteiger partial charge is 0.497 e. The normalized spacial score (nSPS) is 12.7. The number of aromatic nitrogens is 1. The van der Waals surface area contributed by atoms with Gasteiger partial charge in [0.15, 0.2) is 0 Å². The molecule has 1 N–H and O–H groups in total. The molecular formula is C17H20N2O2. The number of fused-ring (bicyclic) bond motifs is 1. The molecule has 3 aromatic rings. The Bertz CT molecular complexity index is 701. The second-order valence-electron chi connectivity index (χ2n) is 5.13. The summed E-state index contributed by atoms with van der Waals surface area (Å²) in [6.45, 7) is 3.91. The van der Waals surface area contributed by atoms with Crippen LogP contribution >= 0.6 is 0 Å². The molecule has 0 radical (unpaired) electrons. The Morgan fingerprint density at radius 3 is 2.95 bits per heavy atom. The van der Waals surface area contributed by atoms with Crippen molar-refractivity contribution in [3.8, 4) is 5.75 Å². The number of methoxy groups -OCH3 is 1. The highest BCUT2D eigenvalue weighted by Gasteiger charge is 2.07. The number of hydrogen-bond acceptors (Lipinski definition) is 3. The summed E-state index contributed by atoms with van der Waals surface area (Å²) in [5.74, 6) is 1.86. The Hall–Kier alpha value is -2.20. The second kappa shape index (κ2) is 6.06. The maximum atomic E-state index is 5.40. The summed E-state index contributed by atoms with van der Waals surface area (Å²) in [5, 5.41) is 4.67. The van der Waals surface area contributed by atoms with Crippen molar-refractivity contribution in [2.45, 2.75) is 19.5 Å². The number of furan rings is 1. The minimum atomic E-state index is 0.224. The Morgan fingerprint density at radius 2 is 2.19 bits per heavy atom. The maximum Gasteiger partial charge on any atom is 0.120 e. The second-order valence-corrected chi connectivity index (χ2v) is 5.13. The van der Waals surface area contributed by atoms with Crippen molar-refractivity contribution in [1.29, 1.82) is 0 Å². The molecule has 0 saturated heterocycles. The first-order valence-electron chi connectivity index (χ1n) is 7.17. The summed E-state index contributed by atoms with van der Waals surface area (Å²) < 4.78 is 12.9. The van der Waals surface area contributed by atoms with Crippen molar-refractivity contribution in [3.05, 3.63) is 54.6 Å². The van der Waals surface area contributed by atoms with Crippen LogP contribution in [0.3, 0.4) is 0 Å². The van der Waals surface area contributed by atoms with Crippen molar-refractivity contribution in [3.63, 3.8) is 0 Å². The smallest absolute Gasteiger partial charge is 0.120 e. The van der Waals surface area contributed by atoms with Crippen LogP contribution in [0, 0.1) is 0 Å². The van der Waals surface area contributed by atoms with Crippen molar-refractivity contribution in [1.82, 2.24) is 9.88 Å². The van der Waals surface area contributed by atoms with Gasteiger partial charge in [0, 0.05) is 30.2 Å². The highest BCUT2D eigenvalue weighted by atomic mass is 16.5. The molecule has 0 spiro atoms. The zero-order valence-electron chi connectivity index (χ0n) is 12.4. The molecule has 0 bridgehead atoms. The summed E-state index contributed by atoms with van der Waals surface area (Å²) in [4.78, 5) is 0. The number of hydrogen-bond donors (Lipinski definition) is 1. The lowest BCUT2D eigenvalue weighted by molar-refractivity contribution is 0.415. The number of nitrogens with one attached hydrogen (secondary N) is 1. The Morgan fingerprint density at radius 1 is 1.29 bits per heavy atom. The minimum Gasteiger partial charge on any atom is -0.497 e. The number of ether oxygens (including phenoxy) is 1. The molecule has 0 amide bonds. The van der Waals surface area contributed by atoms with E-state index in [2.05, 4.69) is 41.2 Å². The third-order valence-electron chi connectivity index (χ3n) is 3.75. The van der Waals surface area contributed by atoms with Gasteiger partial charge in [0.2, 0.25) is 0 Å². The van der Waals surface area contributed by atoms with Crippen molar-refractivity contribution < 1.29 is 9.15 Å². The zero-order valence-corrected chi connectivity index (χ0v) is 12.4. The fraction of sp³-hybridized carbons (Fsp3) is 0.294. The molecular weight excluding hydrogens is 264 g/mol. The molecule has 1 aromatic carbocycles. The van der Waals surface area contributed by atoms with Gasteiger partial charge in [0.25, 0.3) is 0 Å². The number of benzene rings is 1. The summed E-state index contributed by atoms with van der Waals surface area (Å²) >= 11 is 0. The van der Waals surface area contributed by atoms with Crippen LogP contribution in [-0.2, 0) is 6.54 Å². The molecule has 3 rings (SSSR count). The van der Waals surface area contributed by atoms with E-state index in [1.807, 2.05) is 18.2 Å². The number of rotatable bonds is 6. The molecule has 2 heterocycles. The highest BCUT2D eigenvalue weighted by molar-refractivity contribution is 5.81. The predicted octanol–water partition coefficient (Wildman–Crippen LogP) is 3.59. The fourth-order valence-electron chi connectivity index (χ4n) is 2.54. The molecule has 0 saturated carbocycles. The van der Waals surface area contributed by atoms with E-state index in [-0.39, 0.29) is 6.04 Å². The molecule has 21 heavy (non-hydrogen) atoms. The van der Waals surface area contributed by atoms with E-state index in [0.29, 0.717) is 0 Å². The lowest BCUT2D eigenvalue weighted by Crippen LogP contribution is -2.22. The third-order valence-corrected chi connectivity index (χ3v) is 3.75. The molecule has 0 aliphatic rings. The van der Waals surface area contributed by atoms with Crippen LogP contribution in [0.25, 0.3) is 10.9 Å². The maximum absolute atomic E-state index is 5.40. The Balaban J connectivity index is 1.63. The highest BCUT2D eigenvalue weighted by Crippen LogP contribution is 2.21. The summed E-state index contributed by atoms with van der Waals surface area (Å²) in [6, 6.07) is 12.4. The minimum absolute atomic E-state index is 0.224. The van der Waals surface area contributed by atoms with Gasteiger partial charge in [-0.05, 0) is 43.3 Å². The van der Waals surface area contributed by atoms with Gasteiger partial charge in [-0.15, -0.1) is 0 Å². The van der Waals surface area contributed by atoms with Crippen molar-refractivity contribution in [2.75, 3.05) is 13.7 Å². The first-order chi connectivity index (χ1) is 10.3. The Kier molecular flexibility index (Phi) is 3.97. The quantitative estimate of drug-likeness (QED) is 0.752. The van der Waals surface area contributed by atoms with Gasteiger partial charge < -0.3 is 19.0 Å². The fourth-order valence-corrected chi connectivity index (χ4v) is 2.54. The summed E-state index contributed by atoms with van der Waals surface area (Å²) in [7, 11) is 1.69. The lowest BCUT2D eigenvalue weighted by Gasteiger charge is -2.12. The first kappa shape index (κ1) is 13.8. The average molecular weight is 284 g/mol. The monoisotopic (exact) mass is 284 g/mol. The molecule has 110 valence electrons. The van der Waals surface area contributed by atoms with Gasteiger partial charge in [-0.3, -0.25) is 0 Å². The van der Waals surface area contributed by atoms with E-state index in [4.69, 9.17) is 9.15 Å². The van der Waals surface area contributed by atoms with E-state index in [1.54, 1.807) is 13.4 Å². The molecule has 2 aromatic heterocycles. The van der Waals surface area contributed by atoms with E-state index >= 15 is 0 Å². The van der Waals surface area contributed by atoms with Crippen LogP contribution in [-0.4, -0.2) is 18.2 Å². The van der Waals surface area contributed by atoms with Gasteiger partial charge >= 0.3 is 0 Å². The van der Waals surface area contributed by atoms with Crippen LogP contribution in [0.15, 0.2) is 53.3 Å². The van der Waals surface area contributed by atoms with Crippen molar-refractivity contribution >= 4 is 10.9 Å². The summed E-state index contributed by atoms with van der Waals surface area (Å²) in [6.07, 6.45) is 3.82. The van der Waals surface area contributed by atoms with Crippen LogP contribution in [0.5, 0.6) is 5.75 Å². The van der Waals surface area contributed by atoms with Gasteiger partial charge in [-0.25, -0.2) is 0 Å². The Labute approximate surface area is 124 Å². The molecule has 1 atom stereocenters. The van der Waals surface area contributed by atoms with E-state index in [9.17, 15) is 0 Å². The molecule has 0 aliphatic heterocycles.